The normalized spacial score (nSPS) is 10.2. The Hall–Kier alpha value is -1.61. The summed E-state index contributed by atoms with van der Waals surface area (Å²) in [5.74, 6) is -0.155. The van der Waals surface area contributed by atoms with Crippen molar-refractivity contribution in [3.63, 3.8) is 0 Å². The van der Waals surface area contributed by atoms with Gasteiger partial charge in [-0.3, -0.25) is 4.79 Å². The van der Waals surface area contributed by atoms with E-state index in [1.165, 1.54) is 23.1 Å². The van der Waals surface area contributed by atoms with E-state index in [1.54, 1.807) is 11.3 Å². The van der Waals surface area contributed by atoms with Gasteiger partial charge in [0.2, 0.25) is 0 Å². The first-order valence-corrected chi connectivity index (χ1v) is 6.37. The van der Waals surface area contributed by atoms with Crippen LogP contribution in [0.4, 0.5) is 0 Å². The Labute approximate surface area is 105 Å². The minimum absolute atomic E-state index is 0.155. The molecule has 0 spiro atoms. The average Bonchev–Trinajstić information content (AvgIpc) is 2.86. The van der Waals surface area contributed by atoms with Gasteiger partial charge in [0, 0.05) is 11.3 Å². The Bertz CT molecular complexity index is 488. The molecule has 2 nitrogen and oxygen atoms in total. The number of hydrogen-bond donors (Lipinski definition) is 0. The number of esters is 1. The van der Waals surface area contributed by atoms with E-state index in [9.17, 15) is 4.79 Å². The first-order chi connectivity index (χ1) is 8.29. The summed E-state index contributed by atoms with van der Waals surface area (Å²) in [6.45, 7) is 0. The fourth-order valence-electron chi connectivity index (χ4n) is 1.61. The highest BCUT2D eigenvalue weighted by molar-refractivity contribution is 7.13. The number of carbonyl (C=O) groups is 1. The van der Waals surface area contributed by atoms with E-state index in [1.807, 2.05) is 18.2 Å². The van der Waals surface area contributed by atoms with E-state index in [2.05, 4.69) is 28.3 Å². The molecule has 0 radical (unpaired) electrons. The van der Waals surface area contributed by atoms with E-state index in [0.717, 1.165) is 6.42 Å². The van der Waals surface area contributed by atoms with Gasteiger partial charge in [-0.25, -0.2) is 0 Å². The third kappa shape index (κ3) is 3.17. The maximum absolute atomic E-state index is 11.0. The zero-order valence-corrected chi connectivity index (χ0v) is 10.5. The van der Waals surface area contributed by atoms with Crippen molar-refractivity contribution in [2.24, 2.45) is 0 Å². The molecule has 0 aliphatic carbocycles. The third-order valence-corrected chi connectivity index (χ3v) is 3.59. The molecule has 0 bridgehead atoms. The molecule has 17 heavy (non-hydrogen) atoms. The quantitative estimate of drug-likeness (QED) is 0.771. The van der Waals surface area contributed by atoms with Crippen molar-refractivity contribution in [1.82, 2.24) is 0 Å². The van der Waals surface area contributed by atoms with Gasteiger partial charge in [-0.15, -0.1) is 11.3 Å². The number of benzene rings is 1. The Kier molecular flexibility index (Phi) is 3.94. The lowest BCUT2D eigenvalue weighted by Crippen LogP contribution is -2.01. The molecule has 1 aromatic heterocycles. The van der Waals surface area contributed by atoms with Crippen LogP contribution in [0, 0.1) is 0 Å². The molecule has 3 heteroatoms. The van der Waals surface area contributed by atoms with Gasteiger partial charge < -0.3 is 4.74 Å². The highest BCUT2D eigenvalue weighted by Gasteiger charge is 2.05. The second kappa shape index (κ2) is 5.64. The van der Waals surface area contributed by atoms with Crippen LogP contribution in [-0.2, 0) is 16.0 Å². The summed E-state index contributed by atoms with van der Waals surface area (Å²) in [6, 6.07) is 12.4. The minimum atomic E-state index is -0.155. The molecular formula is C14H14O2S. The van der Waals surface area contributed by atoms with Crippen LogP contribution < -0.4 is 0 Å². The van der Waals surface area contributed by atoms with Crippen molar-refractivity contribution in [3.05, 3.63) is 47.3 Å². The van der Waals surface area contributed by atoms with Gasteiger partial charge in [0.15, 0.2) is 0 Å². The molecule has 0 saturated carbocycles. The lowest BCUT2D eigenvalue weighted by Gasteiger charge is -1.97. The van der Waals surface area contributed by atoms with Crippen LogP contribution in [0.5, 0.6) is 0 Å². The van der Waals surface area contributed by atoms with Crippen LogP contribution in [0.2, 0.25) is 0 Å². The average molecular weight is 246 g/mol. The first-order valence-electron chi connectivity index (χ1n) is 5.49. The number of rotatable bonds is 4. The first kappa shape index (κ1) is 11.9. The maximum atomic E-state index is 11.0. The Morgan fingerprint density at radius 1 is 1.29 bits per heavy atom. The molecule has 0 amide bonds. The maximum Gasteiger partial charge on any atom is 0.305 e. The number of carbonyl (C=O) groups excluding carboxylic acids is 1. The van der Waals surface area contributed by atoms with Gasteiger partial charge in [-0.05, 0) is 29.0 Å². The number of thiophene rings is 1. The van der Waals surface area contributed by atoms with Crippen molar-refractivity contribution in [3.8, 4) is 10.4 Å². The van der Waals surface area contributed by atoms with Crippen molar-refractivity contribution in [1.29, 1.82) is 0 Å². The Morgan fingerprint density at radius 2 is 2.06 bits per heavy atom. The van der Waals surface area contributed by atoms with Crippen LogP contribution in [0.25, 0.3) is 10.4 Å². The molecule has 88 valence electrons. The molecule has 1 heterocycles. The van der Waals surface area contributed by atoms with Gasteiger partial charge in [0.05, 0.1) is 7.11 Å². The fraction of sp³-hybridized carbons (Fsp3) is 0.214. The summed E-state index contributed by atoms with van der Waals surface area (Å²) >= 11 is 1.71. The highest BCUT2D eigenvalue weighted by atomic mass is 32.1. The zero-order chi connectivity index (χ0) is 12.1. The van der Waals surface area contributed by atoms with Gasteiger partial charge >= 0.3 is 5.97 Å². The second-order valence-electron chi connectivity index (χ2n) is 3.76. The van der Waals surface area contributed by atoms with Gasteiger partial charge in [-0.1, -0.05) is 30.3 Å². The topological polar surface area (TPSA) is 26.3 Å². The van der Waals surface area contributed by atoms with Crippen molar-refractivity contribution >= 4 is 17.3 Å². The predicted octanol–water partition coefficient (Wildman–Crippen LogP) is 3.52. The predicted molar refractivity (Wildman–Crippen MR) is 70.1 cm³/mol. The minimum Gasteiger partial charge on any atom is -0.469 e. The number of aryl methyl sites for hydroxylation is 1. The van der Waals surface area contributed by atoms with E-state index < -0.39 is 0 Å². The molecule has 0 N–H and O–H groups in total. The summed E-state index contributed by atoms with van der Waals surface area (Å²) in [6.07, 6.45) is 1.19. The fourth-order valence-corrected chi connectivity index (χ4v) is 2.56. The second-order valence-corrected chi connectivity index (χ2v) is 4.67. The number of hydrogen-bond acceptors (Lipinski definition) is 3. The molecule has 0 aliphatic heterocycles. The van der Waals surface area contributed by atoms with Crippen LogP contribution >= 0.6 is 11.3 Å². The molecule has 0 aliphatic rings. The largest absolute Gasteiger partial charge is 0.469 e. The lowest BCUT2D eigenvalue weighted by atomic mass is 10.1. The van der Waals surface area contributed by atoms with Gasteiger partial charge in [0.1, 0.15) is 0 Å². The van der Waals surface area contributed by atoms with Crippen LogP contribution in [0.3, 0.4) is 0 Å². The summed E-state index contributed by atoms with van der Waals surface area (Å²) in [4.78, 5) is 12.3. The van der Waals surface area contributed by atoms with Crippen LogP contribution in [-0.4, -0.2) is 13.1 Å². The van der Waals surface area contributed by atoms with E-state index in [-0.39, 0.29) is 5.97 Å². The molecule has 0 fully saturated rings. The lowest BCUT2D eigenvalue weighted by molar-refractivity contribution is -0.140. The SMILES string of the molecule is COC(=O)CCc1csc(-c2ccccc2)c1. The molecule has 0 saturated heterocycles. The van der Waals surface area contributed by atoms with Crippen molar-refractivity contribution in [2.45, 2.75) is 12.8 Å². The zero-order valence-electron chi connectivity index (χ0n) is 9.68. The highest BCUT2D eigenvalue weighted by Crippen LogP contribution is 2.27. The standard InChI is InChI=1S/C14H14O2S/c1-16-14(15)8-7-11-9-13(17-10-11)12-5-3-2-4-6-12/h2-6,9-10H,7-8H2,1H3. The molecule has 2 rings (SSSR count). The van der Waals surface area contributed by atoms with Gasteiger partial charge in [-0.2, -0.15) is 0 Å². The van der Waals surface area contributed by atoms with E-state index in [0.29, 0.717) is 6.42 Å². The number of ether oxygens (including phenoxy) is 1. The summed E-state index contributed by atoms with van der Waals surface area (Å²) in [5, 5.41) is 2.10. The molecule has 0 atom stereocenters. The summed E-state index contributed by atoms with van der Waals surface area (Å²) in [7, 11) is 1.42. The van der Waals surface area contributed by atoms with Crippen LogP contribution in [0.15, 0.2) is 41.8 Å². The smallest absolute Gasteiger partial charge is 0.305 e. The third-order valence-electron chi connectivity index (χ3n) is 2.56. The molecular weight excluding hydrogens is 232 g/mol. The van der Waals surface area contributed by atoms with Crippen molar-refractivity contribution in [2.75, 3.05) is 7.11 Å². The van der Waals surface area contributed by atoms with E-state index in [4.69, 9.17) is 0 Å². The summed E-state index contributed by atoms with van der Waals surface area (Å²) in [5.41, 5.74) is 2.42. The Balaban J connectivity index is 2.04. The Morgan fingerprint density at radius 3 is 2.76 bits per heavy atom. The van der Waals surface area contributed by atoms with Crippen molar-refractivity contribution < 1.29 is 9.53 Å². The van der Waals surface area contributed by atoms with Crippen LogP contribution in [0.1, 0.15) is 12.0 Å². The molecule has 0 unspecified atom stereocenters. The van der Waals surface area contributed by atoms with E-state index >= 15 is 0 Å². The monoisotopic (exact) mass is 246 g/mol. The summed E-state index contributed by atoms with van der Waals surface area (Å²) < 4.78 is 4.63. The van der Waals surface area contributed by atoms with Gasteiger partial charge in [0.25, 0.3) is 0 Å². The number of methoxy groups -OCH3 is 1. The molecule has 2 aromatic rings. The molecule has 1 aromatic carbocycles.